The van der Waals surface area contributed by atoms with Gasteiger partial charge in [0.1, 0.15) is 13.2 Å². The molecule has 0 amide bonds. The molecule has 212 valence electrons. The van der Waals surface area contributed by atoms with Crippen LogP contribution in [0.15, 0.2) is 11.6 Å². The van der Waals surface area contributed by atoms with Gasteiger partial charge in [-0.2, -0.15) is 0 Å². The van der Waals surface area contributed by atoms with Gasteiger partial charge in [-0.15, -0.1) is 0 Å². The third-order valence-corrected chi connectivity index (χ3v) is 7.72. The van der Waals surface area contributed by atoms with Crippen LogP contribution in [0.5, 0.6) is 0 Å². The van der Waals surface area contributed by atoms with E-state index in [1.165, 1.54) is 38.5 Å². The molecule has 0 heterocycles. The molecule has 0 radical (unpaired) electrons. The van der Waals surface area contributed by atoms with Gasteiger partial charge in [-0.3, -0.25) is 9.05 Å². The van der Waals surface area contributed by atoms with Crippen LogP contribution >= 0.6 is 7.82 Å². The van der Waals surface area contributed by atoms with Crippen molar-refractivity contribution in [3.8, 4) is 0 Å². The van der Waals surface area contributed by atoms with Crippen molar-refractivity contribution >= 4 is 19.8 Å². The number of carboxylic acids is 2. The minimum absolute atomic E-state index is 0.0581. The number of phosphoric ester groups is 1. The molecule has 1 rings (SSSR count). The predicted molar refractivity (Wildman–Crippen MR) is 139 cm³/mol. The summed E-state index contributed by atoms with van der Waals surface area (Å²) in [6.07, 6.45) is 12.4. The fraction of sp³-hybridized carbons (Fsp3) is 0.846. The molecular weight excluding hydrogens is 485 g/mol. The number of unbranched alkanes of at least 4 members (excludes halogenated alkanes) is 3. The third kappa shape index (κ3) is 15.8. The molecule has 2 N–H and O–H groups in total. The molecule has 9 nitrogen and oxygen atoms in total. The lowest BCUT2D eigenvalue weighted by atomic mass is 9.83. The van der Waals surface area contributed by atoms with Crippen molar-refractivity contribution < 1.29 is 42.8 Å². The Kier molecular flexibility index (Phi) is 19.1. The molecule has 0 aromatic heterocycles. The number of hydrogen-bond acceptors (Lipinski definition) is 6. The van der Waals surface area contributed by atoms with Gasteiger partial charge >= 0.3 is 13.8 Å². The SMILES string of the molecule is CCCC[N+](CCCC)(CCCC)CCOP(=O)(O)OCC.O=C(O)/C=C(/C(=O)[O-])C1CCCCC1. The highest BCUT2D eigenvalue weighted by molar-refractivity contribution is 7.47. The molecule has 1 unspecified atom stereocenters. The van der Waals surface area contributed by atoms with Gasteiger partial charge in [0.15, 0.2) is 0 Å². The predicted octanol–water partition coefficient (Wildman–Crippen LogP) is 4.68. The summed E-state index contributed by atoms with van der Waals surface area (Å²) >= 11 is 0. The highest BCUT2D eigenvalue weighted by Gasteiger charge is 2.28. The zero-order valence-corrected chi connectivity index (χ0v) is 23.8. The Bertz CT molecular complexity index is 670. The van der Waals surface area contributed by atoms with Gasteiger partial charge in [-0.25, -0.2) is 9.36 Å². The van der Waals surface area contributed by atoms with Gasteiger partial charge in [0.25, 0.3) is 0 Å². The van der Waals surface area contributed by atoms with Crippen LogP contribution in [0.25, 0.3) is 0 Å². The number of aliphatic carboxylic acids is 2. The summed E-state index contributed by atoms with van der Waals surface area (Å²) in [5.41, 5.74) is -0.0581. The highest BCUT2D eigenvalue weighted by atomic mass is 31.2. The van der Waals surface area contributed by atoms with Crippen LogP contribution in [0.4, 0.5) is 0 Å². The van der Waals surface area contributed by atoms with E-state index in [-0.39, 0.29) is 24.7 Å². The van der Waals surface area contributed by atoms with E-state index in [1.54, 1.807) is 6.92 Å². The Hall–Kier alpha value is -1.25. The third-order valence-electron chi connectivity index (χ3n) is 6.63. The Labute approximate surface area is 218 Å². The van der Waals surface area contributed by atoms with Crippen molar-refractivity contribution in [2.75, 3.05) is 39.4 Å². The maximum Gasteiger partial charge on any atom is 0.472 e. The van der Waals surface area contributed by atoms with Crippen LogP contribution in [0.3, 0.4) is 0 Å². The minimum atomic E-state index is -3.87. The minimum Gasteiger partial charge on any atom is -0.545 e. The molecule has 1 saturated carbocycles. The van der Waals surface area contributed by atoms with E-state index in [1.807, 2.05) is 0 Å². The number of phosphoric acid groups is 1. The lowest BCUT2D eigenvalue weighted by Gasteiger charge is -2.39. The smallest absolute Gasteiger partial charge is 0.472 e. The molecule has 0 bridgehead atoms. The highest BCUT2D eigenvalue weighted by Crippen LogP contribution is 2.42. The van der Waals surface area contributed by atoms with Gasteiger partial charge in [-0.1, -0.05) is 59.3 Å². The van der Waals surface area contributed by atoms with E-state index >= 15 is 0 Å². The van der Waals surface area contributed by atoms with Gasteiger partial charge in [-0.05, 0) is 50.5 Å². The quantitative estimate of drug-likeness (QED) is 0.147. The number of carboxylic acid groups (broad SMARTS) is 2. The molecular formula is C26H50NO8P. The van der Waals surface area contributed by atoms with Crippen molar-refractivity contribution in [1.82, 2.24) is 0 Å². The van der Waals surface area contributed by atoms with Crippen molar-refractivity contribution in [2.45, 2.75) is 98.3 Å². The maximum atomic E-state index is 11.6. The van der Waals surface area contributed by atoms with Crippen molar-refractivity contribution in [1.29, 1.82) is 0 Å². The zero-order chi connectivity index (χ0) is 27.5. The molecule has 1 atom stereocenters. The first-order chi connectivity index (χ1) is 17.1. The second-order valence-electron chi connectivity index (χ2n) is 9.58. The van der Waals surface area contributed by atoms with Crippen LogP contribution < -0.4 is 5.11 Å². The number of rotatable bonds is 18. The van der Waals surface area contributed by atoms with Crippen LogP contribution in [0.1, 0.15) is 98.3 Å². The van der Waals surface area contributed by atoms with E-state index in [2.05, 4.69) is 20.8 Å². The topological polar surface area (TPSA) is 133 Å². The second kappa shape index (κ2) is 19.8. The molecule has 1 fully saturated rings. The van der Waals surface area contributed by atoms with E-state index in [0.29, 0.717) is 0 Å². The van der Waals surface area contributed by atoms with E-state index < -0.39 is 19.8 Å². The van der Waals surface area contributed by atoms with E-state index in [0.717, 1.165) is 68.8 Å². The van der Waals surface area contributed by atoms with Crippen molar-refractivity contribution in [2.24, 2.45) is 5.92 Å². The zero-order valence-electron chi connectivity index (χ0n) is 22.9. The number of quaternary nitrogens is 1. The molecule has 0 saturated heterocycles. The fourth-order valence-electron chi connectivity index (χ4n) is 4.59. The van der Waals surface area contributed by atoms with Crippen LogP contribution in [0, 0.1) is 5.92 Å². The number of nitrogens with zero attached hydrogens (tertiary/aromatic N) is 1. The van der Waals surface area contributed by atoms with E-state index in [9.17, 15) is 24.2 Å². The summed E-state index contributed by atoms with van der Waals surface area (Å²) in [6.45, 7) is 13.0. The molecule has 10 heteroatoms. The molecule has 0 aromatic carbocycles. The molecule has 0 aliphatic heterocycles. The number of carbonyl (C=O) groups excluding carboxylic acids is 1. The van der Waals surface area contributed by atoms with Gasteiger partial charge < -0.3 is 24.4 Å². The Morgan fingerprint density at radius 3 is 1.81 bits per heavy atom. The average Bonchev–Trinajstić information content (AvgIpc) is 2.83. The van der Waals surface area contributed by atoms with Crippen LogP contribution in [0.2, 0.25) is 0 Å². The standard InChI is InChI=1S/C16H36NO4P.C10H14O4/c1-5-9-12-17(13-10-6-2,14-11-7-3)15-16-21-22(18,19)20-8-4;11-9(12)6-8(10(13)14)7-4-2-1-3-5-7/h5-16H2,1-4H3;6-7H,1-5H2,(H,11,12)(H,13,14)/b;8-6+. The fourth-order valence-corrected chi connectivity index (χ4v) is 5.30. The Balaban J connectivity index is 0.000000748. The normalized spacial score (nSPS) is 16.6. The number of hydrogen-bond donors (Lipinski definition) is 2. The largest absolute Gasteiger partial charge is 0.545 e. The first-order valence-electron chi connectivity index (χ1n) is 13.7. The first kappa shape index (κ1) is 34.8. The van der Waals surface area contributed by atoms with Crippen molar-refractivity contribution in [3.05, 3.63) is 11.6 Å². The number of carbonyl (C=O) groups is 2. The Morgan fingerprint density at radius 1 is 0.917 bits per heavy atom. The molecule has 0 spiro atoms. The molecule has 1 aliphatic carbocycles. The molecule has 0 aromatic rings. The lowest BCUT2D eigenvalue weighted by Crippen LogP contribution is -2.52. The van der Waals surface area contributed by atoms with Gasteiger partial charge in [0.05, 0.1) is 32.2 Å². The summed E-state index contributed by atoms with van der Waals surface area (Å²) < 4.78 is 22.6. The van der Waals surface area contributed by atoms with Crippen molar-refractivity contribution in [3.63, 3.8) is 0 Å². The van der Waals surface area contributed by atoms with Crippen LogP contribution in [-0.2, 0) is 23.2 Å². The summed E-state index contributed by atoms with van der Waals surface area (Å²) in [7, 11) is -3.87. The van der Waals surface area contributed by atoms with Gasteiger partial charge in [0.2, 0.25) is 0 Å². The lowest BCUT2D eigenvalue weighted by molar-refractivity contribution is -0.928. The van der Waals surface area contributed by atoms with Crippen LogP contribution in [-0.4, -0.2) is 65.8 Å². The summed E-state index contributed by atoms with van der Waals surface area (Å²) in [6, 6.07) is 0. The average molecular weight is 536 g/mol. The summed E-state index contributed by atoms with van der Waals surface area (Å²) in [5.74, 6) is -2.70. The Morgan fingerprint density at radius 2 is 1.42 bits per heavy atom. The monoisotopic (exact) mass is 535 g/mol. The molecule has 1 aliphatic rings. The molecule has 36 heavy (non-hydrogen) atoms. The second-order valence-corrected chi connectivity index (χ2v) is 11.0. The first-order valence-corrected chi connectivity index (χ1v) is 15.2. The van der Waals surface area contributed by atoms with E-state index in [4.69, 9.17) is 14.2 Å². The summed E-state index contributed by atoms with van der Waals surface area (Å²) in [5, 5.41) is 19.2. The summed E-state index contributed by atoms with van der Waals surface area (Å²) in [4.78, 5) is 30.6. The van der Waals surface area contributed by atoms with Gasteiger partial charge in [0, 0.05) is 6.08 Å². The maximum absolute atomic E-state index is 11.6.